The summed E-state index contributed by atoms with van der Waals surface area (Å²) < 4.78 is 6.20. The van der Waals surface area contributed by atoms with Crippen LogP contribution in [0.3, 0.4) is 0 Å². The third-order valence-electron chi connectivity index (χ3n) is 3.40. The Balaban J connectivity index is 1.70. The Morgan fingerprint density at radius 2 is 1.83 bits per heavy atom. The molecule has 1 amide bonds. The van der Waals surface area contributed by atoms with E-state index >= 15 is 0 Å². The minimum Gasteiger partial charge on any atom is -0.457 e. The maximum absolute atomic E-state index is 12.2. The lowest BCUT2D eigenvalue weighted by atomic mass is 10.2. The van der Waals surface area contributed by atoms with E-state index in [4.69, 9.17) is 17.0 Å². The first-order valence-corrected chi connectivity index (χ1v) is 7.86. The van der Waals surface area contributed by atoms with Crippen LogP contribution in [0.25, 0.3) is 0 Å². The van der Waals surface area contributed by atoms with Gasteiger partial charge in [-0.25, -0.2) is 0 Å². The van der Waals surface area contributed by atoms with Crippen molar-refractivity contribution in [2.45, 2.75) is 6.92 Å². The summed E-state index contributed by atoms with van der Waals surface area (Å²) in [7, 11) is 0. The van der Waals surface area contributed by atoms with Gasteiger partial charge in [-0.15, -0.1) is 0 Å². The molecule has 0 saturated carbocycles. The van der Waals surface area contributed by atoms with E-state index in [0.717, 1.165) is 11.3 Å². The zero-order chi connectivity index (χ0) is 16.9. The Morgan fingerprint density at radius 1 is 1.04 bits per heavy atom. The van der Waals surface area contributed by atoms with Crippen molar-refractivity contribution in [1.29, 1.82) is 0 Å². The number of rotatable bonds is 4. The first-order chi connectivity index (χ1) is 11.6. The fraction of sp³-hybridized carbons (Fsp3) is 0.0526. The topological polar surface area (TPSA) is 54.1 Å². The summed E-state index contributed by atoms with van der Waals surface area (Å²) in [6.45, 7) is 2.01. The first kappa shape index (κ1) is 16.0. The highest BCUT2D eigenvalue weighted by Crippen LogP contribution is 2.23. The maximum Gasteiger partial charge on any atom is 0.258 e. The molecule has 0 fully saturated rings. The van der Waals surface area contributed by atoms with E-state index < -0.39 is 0 Å². The number of aryl methyl sites for hydroxylation is 1. The molecule has 4 nitrogen and oxygen atoms in total. The largest absolute Gasteiger partial charge is 0.457 e. The number of aromatic amines is 1. The van der Waals surface area contributed by atoms with E-state index in [1.165, 1.54) is 0 Å². The average molecular weight is 336 g/mol. The molecule has 0 atom stereocenters. The molecular formula is C19H16N2O2S. The van der Waals surface area contributed by atoms with Crippen molar-refractivity contribution < 1.29 is 9.53 Å². The molecule has 24 heavy (non-hydrogen) atoms. The van der Waals surface area contributed by atoms with Crippen molar-refractivity contribution in [2.75, 3.05) is 5.32 Å². The van der Waals surface area contributed by atoms with Crippen LogP contribution in [-0.4, -0.2) is 10.9 Å². The number of anilines is 1. The van der Waals surface area contributed by atoms with Crippen molar-refractivity contribution in [1.82, 2.24) is 4.98 Å². The molecule has 1 aromatic heterocycles. The zero-order valence-electron chi connectivity index (χ0n) is 13.1. The molecular weight excluding hydrogens is 320 g/mol. The van der Waals surface area contributed by atoms with E-state index in [0.29, 0.717) is 21.6 Å². The van der Waals surface area contributed by atoms with Crippen molar-refractivity contribution in [3.63, 3.8) is 0 Å². The van der Waals surface area contributed by atoms with Gasteiger partial charge < -0.3 is 15.0 Å². The minimum absolute atomic E-state index is 0.246. The summed E-state index contributed by atoms with van der Waals surface area (Å²) in [5.41, 5.74) is 2.25. The molecule has 3 rings (SSSR count). The molecule has 0 radical (unpaired) electrons. The minimum atomic E-state index is -0.246. The number of hydrogen-bond acceptors (Lipinski definition) is 3. The van der Waals surface area contributed by atoms with Gasteiger partial charge in [0.2, 0.25) is 0 Å². The molecule has 0 aliphatic carbocycles. The van der Waals surface area contributed by atoms with Crippen LogP contribution in [0.1, 0.15) is 15.9 Å². The van der Waals surface area contributed by atoms with Crippen LogP contribution >= 0.6 is 12.2 Å². The zero-order valence-corrected chi connectivity index (χ0v) is 13.9. The van der Waals surface area contributed by atoms with Gasteiger partial charge in [-0.05, 0) is 61.0 Å². The monoisotopic (exact) mass is 336 g/mol. The van der Waals surface area contributed by atoms with E-state index in [-0.39, 0.29) is 5.91 Å². The molecule has 3 aromatic rings. The Morgan fingerprint density at radius 3 is 2.54 bits per heavy atom. The second-order valence-electron chi connectivity index (χ2n) is 5.31. The highest BCUT2D eigenvalue weighted by molar-refractivity contribution is 7.71. The van der Waals surface area contributed by atoms with Gasteiger partial charge in [0.05, 0.1) is 5.56 Å². The van der Waals surface area contributed by atoms with E-state index in [2.05, 4.69) is 10.3 Å². The van der Waals surface area contributed by atoms with Gasteiger partial charge in [0, 0.05) is 11.9 Å². The lowest BCUT2D eigenvalue weighted by molar-refractivity contribution is 0.102. The first-order valence-electron chi connectivity index (χ1n) is 7.45. The van der Waals surface area contributed by atoms with Crippen LogP contribution in [0.4, 0.5) is 5.69 Å². The molecule has 0 aliphatic rings. The number of hydrogen-bond donors (Lipinski definition) is 2. The number of benzene rings is 2. The van der Waals surface area contributed by atoms with Crippen LogP contribution in [-0.2, 0) is 0 Å². The summed E-state index contributed by atoms with van der Waals surface area (Å²) >= 11 is 5.11. The smallest absolute Gasteiger partial charge is 0.258 e. The number of aromatic nitrogens is 1. The quantitative estimate of drug-likeness (QED) is 0.652. The molecule has 0 spiro atoms. The van der Waals surface area contributed by atoms with E-state index in [1.807, 2.05) is 43.3 Å². The predicted molar refractivity (Wildman–Crippen MR) is 97.3 cm³/mol. The van der Waals surface area contributed by atoms with E-state index in [9.17, 15) is 4.79 Å². The summed E-state index contributed by atoms with van der Waals surface area (Å²) in [5, 5.41) is 2.82. The number of carbonyl (C=O) groups excluding carboxylic acids is 1. The summed E-state index contributed by atoms with van der Waals surface area (Å²) in [6, 6.07) is 18.5. The number of pyridine rings is 1. The Hall–Kier alpha value is -2.92. The maximum atomic E-state index is 12.2. The van der Waals surface area contributed by atoms with Crippen LogP contribution in [0.15, 0.2) is 66.9 Å². The van der Waals surface area contributed by atoms with Crippen molar-refractivity contribution in [2.24, 2.45) is 0 Å². The number of nitrogens with one attached hydrogen (secondary N) is 2. The molecule has 0 saturated heterocycles. The molecule has 1 heterocycles. The second kappa shape index (κ2) is 7.10. The van der Waals surface area contributed by atoms with Crippen LogP contribution < -0.4 is 10.1 Å². The highest BCUT2D eigenvalue weighted by Gasteiger charge is 2.08. The summed E-state index contributed by atoms with van der Waals surface area (Å²) in [5.74, 6) is 1.24. The fourth-order valence-electron chi connectivity index (χ4n) is 2.22. The average Bonchev–Trinajstić information content (AvgIpc) is 2.57. The van der Waals surface area contributed by atoms with Crippen LogP contribution in [0.2, 0.25) is 0 Å². The van der Waals surface area contributed by atoms with Gasteiger partial charge in [0.1, 0.15) is 16.1 Å². The van der Waals surface area contributed by atoms with E-state index in [1.54, 1.807) is 30.5 Å². The van der Waals surface area contributed by atoms with Crippen LogP contribution in [0, 0.1) is 11.6 Å². The lowest BCUT2D eigenvalue weighted by Gasteiger charge is -2.08. The summed E-state index contributed by atoms with van der Waals surface area (Å²) in [4.78, 5) is 15.1. The van der Waals surface area contributed by atoms with Crippen molar-refractivity contribution in [3.05, 3.63) is 82.6 Å². The molecule has 2 N–H and O–H groups in total. The van der Waals surface area contributed by atoms with Crippen molar-refractivity contribution in [3.8, 4) is 11.5 Å². The molecule has 2 aromatic carbocycles. The lowest BCUT2D eigenvalue weighted by Crippen LogP contribution is -2.12. The Bertz CT molecular complexity index is 917. The Labute approximate surface area is 145 Å². The molecule has 0 bridgehead atoms. The standard InChI is InChI=1S/C19H16N2O2S/c1-13-4-2-5-16(12-13)23-15-9-7-14(8-10-15)21-18(22)17-6-3-11-20-19(17)24/h2-12H,1H3,(H,20,24)(H,21,22). The number of ether oxygens (including phenoxy) is 1. The fourth-order valence-corrected chi connectivity index (χ4v) is 2.45. The molecule has 0 unspecified atom stereocenters. The van der Waals surface area contributed by atoms with Gasteiger partial charge in [-0.1, -0.05) is 24.4 Å². The summed E-state index contributed by atoms with van der Waals surface area (Å²) in [6.07, 6.45) is 1.69. The Kier molecular flexibility index (Phi) is 4.72. The van der Waals surface area contributed by atoms with Gasteiger partial charge in [-0.2, -0.15) is 0 Å². The second-order valence-corrected chi connectivity index (χ2v) is 5.72. The van der Waals surface area contributed by atoms with Crippen LogP contribution in [0.5, 0.6) is 11.5 Å². The normalized spacial score (nSPS) is 10.2. The van der Waals surface area contributed by atoms with Gasteiger partial charge in [0.15, 0.2) is 0 Å². The van der Waals surface area contributed by atoms with Gasteiger partial charge >= 0.3 is 0 Å². The molecule has 120 valence electrons. The van der Waals surface area contributed by atoms with Gasteiger partial charge in [0.25, 0.3) is 5.91 Å². The number of H-pyrrole nitrogens is 1. The molecule has 0 aliphatic heterocycles. The predicted octanol–water partition coefficient (Wildman–Crippen LogP) is 5.10. The van der Waals surface area contributed by atoms with Crippen molar-refractivity contribution >= 4 is 23.8 Å². The third kappa shape index (κ3) is 3.88. The highest BCUT2D eigenvalue weighted by atomic mass is 32.1. The number of carbonyl (C=O) groups is 1. The third-order valence-corrected chi connectivity index (χ3v) is 3.74. The molecule has 5 heteroatoms. The number of amides is 1. The van der Waals surface area contributed by atoms with Gasteiger partial charge in [-0.3, -0.25) is 4.79 Å². The SMILES string of the molecule is Cc1cccc(Oc2ccc(NC(=O)c3ccc[nH]c3=S)cc2)c1.